The van der Waals surface area contributed by atoms with Crippen LogP contribution in [0, 0.1) is 6.92 Å². The second-order valence-electron chi connectivity index (χ2n) is 4.37. The summed E-state index contributed by atoms with van der Waals surface area (Å²) in [5.74, 6) is 0.537. The number of rotatable bonds is 2. The monoisotopic (exact) mass is 205 g/mol. The second kappa shape index (κ2) is 4.47. The fourth-order valence-electron chi connectivity index (χ4n) is 1.75. The molecule has 0 aliphatic rings. The Morgan fingerprint density at radius 1 is 1.27 bits per heavy atom. The Morgan fingerprint density at radius 3 is 2.33 bits per heavy atom. The first kappa shape index (κ1) is 11.8. The number of amides is 1. The zero-order valence-corrected chi connectivity index (χ0v) is 10.2. The van der Waals surface area contributed by atoms with Crippen LogP contribution in [0.2, 0.25) is 0 Å². The van der Waals surface area contributed by atoms with E-state index in [0.717, 1.165) is 11.1 Å². The Balaban J connectivity index is 3.21. The Kier molecular flexibility index (Phi) is 3.51. The van der Waals surface area contributed by atoms with Gasteiger partial charge in [0.1, 0.15) is 0 Å². The van der Waals surface area contributed by atoms with Crippen LogP contribution in [0.5, 0.6) is 0 Å². The number of benzene rings is 1. The van der Waals surface area contributed by atoms with E-state index in [1.54, 1.807) is 19.0 Å². The molecule has 0 fully saturated rings. The molecule has 0 saturated carbocycles. The lowest BCUT2D eigenvalue weighted by atomic mass is 9.94. The first-order chi connectivity index (χ1) is 6.95. The van der Waals surface area contributed by atoms with Gasteiger partial charge in [0.2, 0.25) is 0 Å². The third kappa shape index (κ3) is 2.38. The molecule has 1 aromatic carbocycles. The third-order valence-electron chi connectivity index (χ3n) is 2.63. The first-order valence-electron chi connectivity index (χ1n) is 5.26. The summed E-state index contributed by atoms with van der Waals surface area (Å²) < 4.78 is 0. The number of carbonyl (C=O) groups excluding carboxylic acids is 1. The molecule has 0 heterocycles. The molecule has 0 N–H and O–H groups in total. The highest BCUT2D eigenvalue weighted by Crippen LogP contribution is 2.22. The Morgan fingerprint density at radius 2 is 1.87 bits per heavy atom. The van der Waals surface area contributed by atoms with Crippen LogP contribution in [0.15, 0.2) is 18.2 Å². The van der Waals surface area contributed by atoms with Crippen molar-refractivity contribution in [2.75, 3.05) is 14.1 Å². The zero-order valence-electron chi connectivity index (χ0n) is 10.2. The highest BCUT2D eigenvalue weighted by molar-refractivity contribution is 5.95. The second-order valence-corrected chi connectivity index (χ2v) is 4.37. The van der Waals surface area contributed by atoms with Gasteiger partial charge in [-0.1, -0.05) is 26.0 Å². The van der Waals surface area contributed by atoms with Gasteiger partial charge in [0.15, 0.2) is 0 Å². The predicted octanol–water partition coefficient (Wildman–Crippen LogP) is 2.82. The molecule has 0 atom stereocenters. The Bertz CT molecular complexity index is 367. The topological polar surface area (TPSA) is 20.3 Å². The van der Waals surface area contributed by atoms with Crippen molar-refractivity contribution in [2.45, 2.75) is 26.7 Å². The lowest BCUT2D eigenvalue weighted by Crippen LogP contribution is -2.23. The number of nitrogens with zero attached hydrogens (tertiary/aromatic N) is 1. The van der Waals surface area contributed by atoms with Crippen molar-refractivity contribution in [3.8, 4) is 0 Å². The van der Waals surface area contributed by atoms with Crippen LogP contribution < -0.4 is 0 Å². The molecular formula is C13H19NO. The average Bonchev–Trinajstić information content (AvgIpc) is 2.16. The van der Waals surface area contributed by atoms with Crippen LogP contribution in [-0.4, -0.2) is 24.9 Å². The average molecular weight is 205 g/mol. The van der Waals surface area contributed by atoms with Crippen LogP contribution in [0.3, 0.4) is 0 Å². The van der Waals surface area contributed by atoms with Gasteiger partial charge in [-0.3, -0.25) is 4.79 Å². The number of hydrogen-bond donors (Lipinski definition) is 0. The largest absolute Gasteiger partial charge is 0.345 e. The molecule has 82 valence electrons. The van der Waals surface area contributed by atoms with Gasteiger partial charge in [-0.25, -0.2) is 0 Å². The summed E-state index contributed by atoms with van der Waals surface area (Å²) in [6, 6.07) is 5.94. The minimum Gasteiger partial charge on any atom is -0.345 e. The Hall–Kier alpha value is -1.31. The maximum absolute atomic E-state index is 11.9. The van der Waals surface area contributed by atoms with Crippen LogP contribution in [-0.2, 0) is 0 Å². The SMILES string of the molecule is Cc1c(C(=O)N(C)C)cccc1C(C)C. The predicted molar refractivity (Wildman–Crippen MR) is 63.3 cm³/mol. The summed E-state index contributed by atoms with van der Waals surface area (Å²) in [5.41, 5.74) is 3.17. The summed E-state index contributed by atoms with van der Waals surface area (Å²) >= 11 is 0. The van der Waals surface area contributed by atoms with Gasteiger partial charge in [0.25, 0.3) is 5.91 Å². The van der Waals surface area contributed by atoms with E-state index >= 15 is 0 Å². The molecule has 0 bridgehead atoms. The van der Waals surface area contributed by atoms with E-state index in [1.165, 1.54) is 5.56 Å². The van der Waals surface area contributed by atoms with E-state index in [1.807, 2.05) is 19.1 Å². The van der Waals surface area contributed by atoms with E-state index in [0.29, 0.717) is 5.92 Å². The molecule has 1 amide bonds. The van der Waals surface area contributed by atoms with Crippen LogP contribution in [0.25, 0.3) is 0 Å². The maximum atomic E-state index is 11.9. The zero-order chi connectivity index (χ0) is 11.6. The van der Waals surface area contributed by atoms with Crippen molar-refractivity contribution in [1.82, 2.24) is 4.90 Å². The summed E-state index contributed by atoms with van der Waals surface area (Å²) in [6.07, 6.45) is 0. The molecule has 15 heavy (non-hydrogen) atoms. The molecule has 2 nitrogen and oxygen atoms in total. The molecule has 0 aromatic heterocycles. The first-order valence-corrected chi connectivity index (χ1v) is 5.26. The molecular weight excluding hydrogens is 186 g/mol. The van der Waals surface area contributed by atoms with Gasteiger partial charge >= 0.3 is 0 Å². The van der Waals surface area contributed by atoms with Crippen LogP contribution in [0.1, 0.15) is 41.3 Å². The fourth-order valence-corrected chi connectivity index (χ4v) is 1.75. The molecule has 0 unspecified atom stereocenters. The van der Waals surface area contributed by atoms with E-state index in [2.05, 4.69) is 19.9 Å². The van der Waals surface area contributed by atoms with E-state index in [-0.39, 0.29) is 5.91 Å². The normalized spacial score (nSPS) is 10.5. The lowest BCUT2D eigenvalue weighted by molar-refractivity contribution is 0.0827. The van der Waals surface area contributed by atoms with Crippen molar-refractivity contribution >= 4 is 5.91 Å². The van der Waals surface area contributed by atoms with E-state index in [9.17, 15) is 4.79 Å². The fraction of sp³-hybridized carbons (Fsp3) is 0.462. The smallest absolute Gasteiger partial charge is 0.253 e. The van der Waals surface area contributed by atoms with Crippen molar-refractivity contribution in [1.29, 1.82) is 0 Å². The summed E-state index contributed by atoms with van der Waals surface area (Å²) in [7, 11) is 3.56. The molecule has 0 saturated heterocycles. The highest BCUT2D eigenvalue weighted by atomic mass is 16.2. The number of hydrogen-bond acceptors (Lipinski definition) is 1. The van der Waals surface area contributed by atoms with Crippen LogP contribution in [0.4, 0.5) is 0 Å². The molecule has 0 radical (unpaired) electrons. The van der Waals surface area contributed by atoms with Gasteiger partial charge in [0.05, 0.1) is 0 Å². The van der Waals surface area contributed by atoms with Gasteiger partial charge in [-0.2, -0.15) is 0 Å². The van der Waals surface area contributed by atoms with Gasteiger partial charge < -0.3 is 4.90 Å². The molecule has 0 spiro atoms. The molecule has 0 aliphatic heterocycles. The standard InChI is InChI=1S/C13H19NO/c1-9(2)11-7-6-8-12(10(11)3)13(15)14(4)5/h6-9H,1-5H3. The van der Waals surface area contributed by atoms with Gasteiger partial charge in [-0.05, 0) is 30.0 Å². The minimum atomic E-state index is 0.0787. The van der Waals surface area contributed by atoms with Gasteiger partial charge in [-0.15, -0.1) is 0 Å². The quantitative estimate of drug-likeness (QED) is 0.727. The summed E-state index contributed by atoms with van der Waals surface area (Å²) in [4.78, 5) is 13.5. The highest BCUT2D eigenvalue weighted by Gasteiger charge is 2.14. The van der Waals surface area contributed by atoms with Crippen molar-refractivity contribution in [3.05, 3.63) is 34.9 Å². The molecule has 1 aromatic rings. The minimum absolute atomic E-state index is 0.0787. The van der Waals surface area contributed by atoms with Crippen molar-refractivity contribution < 1.29 is 4.79 Å². The summed E-state index contributed by atoms with van der Waals surface area (Å²) in [6.45, 7) is 6.31. The van der Waals surface area contributed by atoms with Crippen molar-refractivity contribution in [3.63, 3.8) is 0 Å². The van der Waals surface area contributed by atoms with Crippen LogP contribution >= 0.6 is 0 Å². The van der Waals surface area contributed by atoms with Crippen molar-refractivity contribution in [2.24, 2.45) is 0 Å². The van der Waals surface area contributed by atoms with E-state index in [4.69, 9.17) is 0 Å². The Labute approximate surface area is 91.9 Å². The molecule has 0 aliphatic carbocycles. The maximum Gasteiger partial charge on any atom is 0.253 e. The number of carbonyl (C=O) groups is 1. The molecule has 1 rings (SSSR count). The van der Waals surface area contributed by atoms with E-state index < -0.39 is 0 Å². The van der Waals surface area contributed by atoms with Gasteiger partial charge in [0, 0.05) is 19.7 Å². The summed E-state index contributed by atoms with van der Waals surface area (Å²) in [5, 5.41) is 0. The third-order valence-corrected chi connectivity index (χ3v) is 2.63. The molecule has 2 heteroatoms. The lowest BCUT2D eigenvalue weighted by Gasteiger charge is -2.16.